The maximum Gasteiger partial charge on any atom is 0.231 e. The molecule has 138 valence electrons. The van der Waals surface area contributed by atoms with E-state index in [2.05, 4.69) is 29.4 Å². The van der Waals surface area contributed by atoms with Crippen molar-refractivity contribution in [3.05, 3.63) is 34.8 Å². The summed E-state index contributed by atoms with van der Waals surface area (Å²) in [6.07, 6.45) is 2.35. The van der Waals surface area contributed by atoms with E-state index in [1.54, 1.807) is 4.90 Å². The van der Waals surface area contributed by atoms with Gasteiger partial charge in [-0.1, -0.05) is 49.8 Å². The Morgan fingerprint density at radius 1 is 1.38 bits per heavy atom. The highest BCUT2D eigenvalue weighted by molar-refractivity contribution is 7.15. The second-order valence-corrected chi connectivity index (χ2v) is 7.83. The van der Waals surface area contributed by atoms with E-state index in [0.29, 0.717) is 17.6 Å². The minimum absolute atomic E-state index is 0.0195. The van der Waals surface area contributed by atoms with Crippen molar-refractivity contribution in [2.75, 3.05) is 16.8 Å². The van der Waals surface area contributed by atoms with Crippen LogP contribution < -0.4 is 10.2 Å². The third-order valence-electron chi connectivity index (χ3n) is 4.72. The SMILES string of the molecule is CCC[C@H](C)c1nnc(NC(=O)[C@@H]2CC(=O)N(c3ccccc3C)C2)s1. The summed E-state index contributed by atoms with van der Waals surface area (Å²) in [5.74, 6) is -0.218. The molecule has 0 bridgehead atoms. The molecule has 1 fully saturated rings. The van der Waals surface area contributed by atoms with Gasteiger partial charge in [-0.15, -0.1) is 10.2 Å². The van der Waals surface area contributed by atoms with Crippen LogP contribution in [0.5, 0.6) is 0 Å². The number of para-hydroxylation sites is 1. The summed E-state index contributed by atoms with van der Waals surface area (Å²) in [7, 11) is 0. The first-order chi connectivity index (χ1) is 12.5. The predicted molar refractivity (Wildman–Crippen MR) is 104 cm³/mol. The van der Waals surface area contributed by atoms with E-state index < -0.39 is 0 Å². The van der Waals surface area contributed by atoms with E-state index in [1.165, 1.54) is 11.3 Å². The molecule has 2 atom stereocenters. The number of nitrogens with zero attached hydrogens (tertiary/aromatic N) is 3. The first-order valence-corrected chi connectivity index (χ1v) is 9.81. The Morgan fingerprint density at radius 3 is 2.88 bits per heavy atom. The van der Waals surface area contributed by atoms with Crippen molar-refractivity contribution in [2.45, 2.75) is 46.0 Å². The Bertz CT molecular complexity index is 804. The van der Waals surface area contributed by atoms with Gasteiger partial charge >= 0.3 is 0 Å². The fourth-order valence-corrected chi connectivity index (χ4v) is 4.06. The van der Waals surface area contributed by atoms with Crippen LogP contribution in [-0.4, -0.2) is 28.6 Å². The quantitative estimate of drug-likeness (QED) is 0.838. The monoisotopic (exact) mass is 372 g/mol. The Balaban J connectivity index is 1.64. The average Bonchev–Trinajstić information content (AvgIpc) is 3.22. The molecular formula is C19H24N4O2S. The normalized spacial score (nSPS) is 18.2. The van der Waals surface area contributed by atoms with Crippen LogP contribution in [0.3, 0.4) is 0 Å². The van der Waals surface area contributed by atoms with E-state index in [9.17, 15) is 9.59 Å². The standard InChI is InChI=1S/C19H24N4O2S/c1-4-7-13(3)18-21-22-19(26-18)20-17(25)14-10-16(24)23(11-14)15-9-6-5-8-12(15)2/h5-6,8-9,13-14H,4,7,10-11H2,1-3H3,(H,20,22,25)/t13-,14+/m0/s1. The second-order valence-electron chi connectivity index (χ2n) is 6.82. The van der Waals surface area contributed by atoms with Crippen LogP contribution >= 0.6 is 11.3 Å². The van der Waals surface area contributed by atoms with Gasteiger partial charge in [0.15, 0.2) is 0 Å². The largest absolute Gasteiger partial charge is 0.311 e. The summed E-state index contributed by atoms with van der Waals surface area (Å²) in [5.41, 5.74) is 1.90. The highest BCUT2D eigenvalue weighted by Gasteiger charge is 2.36. The zero-order valence-electron chi connectivity index (χ0n) is 15.4. The van der Waals surface area contributed by atoms with Crippen molar-refractivity contribution in [3.63, 3.8) is 0 Å². The van der Waals surface area contributed by atoms with Crippen LogP contribution in [0.15, 0.2) is 24.3 Å². The molecule has 0 spiro atoms. The van der Waals surface area contributed by atoms with E-state index in [-0.39, 0.29) is 24.2 Å². The molecule has 1 N–H and O–H groups in total. The highest BCUT2D eigenvalue weighted by atomic mass is 32.1. The third kappa shape index (κ3) is 3.93. The van der Waals surface area contributed by atoms with E-state index in [1.807, 2.05) is 31.2 Å². The molecule has 26 heavy (non-hydrogen) atoms. The van der Waals surface area contributed by atoms with Crippen LogP contribution in [0.2, 0.25) is 0 Å². The van der Waals surface area contributed by atoms with Crippen LogP contribution in [0.4, 0.5) is 10.8 Å². The van der Waals surface area contributed by atoms with Gasteiger partial charge in [0.25, 0.3) is 0 Å². The minimum atomic E-state index is -0.373. The van der Waals surface area contributed by atoms with Crippen molar-refractivity contribution < 1.29 is 9.59 Å². The molecule has 0 radical (unpaired) electrons. The number of hydrogen-bond acceptors (Lipinski definition) is 5. The third-order valence-corrected chi connectivity index (χ3v) is 5.79. The molecule has 1 aromatic heterocycles. The number of carbonyl (C=O) groups is 2. The van der Waals surface area contributed by atoms with Crippen molar-refractivity contribution >= 4 is 34.0 Å². The minimum Gasteiger partial charge on any atom is -0.311 e. The van der Waals surface area contributed by atoms with Crippen molar-refractivity contribution in [2.24, 2.45) is 5.92 Å². The summed E-state index contributed by atoms with van der Waals surface area (Å²) < 4.78 is 0. The average molecular weight is 372 g/mol. The summed E-state index contributed by atoms with van der Waals surface area (Å²) in [4.78, 5) is 26.7. The Kier molecular flexibility index (Phi) is 5.66. The molecule has 7 heteroatoms. The lowest BCUT2D eigenvalue weighted by Gasteiger charge is -2.18. The van der Waals surface area contributed by atoms with Crippen LogP contribution in [0.25, 0.3) is 0 Å². The Labute approximate surface area is 157 Å². The Hall–Kier alpha value is -2.28. The van der Waals surface area contributed by atoms with Gasteiger partial charge in [-0.25, -0.2) is 0 Å². The van der Waals surface area contributed by atoms with Gasteiger partial charge in [0, 0.05) is 24.6 Å². The van der Waals surface area contributed by atoms with E-state index >= 15 is 0 Å². The smallest absolute Gasteiger partial charge is 0.231 e. The first-order valence-electron chi connectivity index (χ1n) is 8.99. The van der Waals surface area contributed by atoms with Gasteiger partial charge in [-0.2, -0.15) is 0 Å². The molecular weight excluding hydrogens is 348 g/mol. The number of anilines is 2. The molecule has 2 heterocycles. The molecule has 0 aliphatic carbocycles. The number of carbonyl (C=O) groups excluding carboxylic acids is 2. The summed E-state index contributed by atoms with van der Waals surface area (Å²) in [6.45, 7) is 6.62. The highest BCUT2D eigenvalue weighted by Crippen LogP contribution is 2.30. The van der Waals surface area contributed by atoms with Crippen LogP contribution in [0.1, 0.15) is 49.6 Å². The predicted octanol–water partition coefficient (Wildman–Crippen LogP) is 3.74. The molecule has 3 rings (SSSR count). The lowest BCUT2D eigenvalue weighted by molar-refractivity contribution is -0.122. The molecule has 1 saturated heterocycles. The molecule has 6 nitrogen and oxygen atoms in total. The van der Waals surface area contributed by atoms with Gasteiger partial charge in [-0.05, 0) is 25.0 Å². The van der Waals surface area contributed by atoms with Crippen molar-refractivity contribution in [1.82, 2.24) is 10.2 Å². The zero-order valence-corrected chi connectivity index (χ0v) is 16.2. The van der Waals surface area contributed by atoms with Crippen LogP contribution in [-0.2, 0) is 9.59 Å². The van der Waals surface area contributed by atoms with Crippen molar-refractivity contribution in [1.29, 1.82) is 0 Å². The molecule has 1 aromatic carbocycles. The summed E-state index contributed by atoms with van der Waals surface area (Å²) in [6, 6.07) is 7.73. The second kappa shape index (κ2) is 7.95. The zero-order chi connectivity index (χ0) is 18.7. The first kappa shape index (κ1) is 18.5. The van der Waals surface area contributed by atoms with Gasteiger partial charge in [0.1, 0.15) is 5.01 Å². The lowest BCUT2D eigenvalue weighted by atomic mass is 10.1. The number of benzene rings is 1. The topological polar surface area (TPSA) is 75.2 Å². The number of hydrogen-bond donors (Lipinski definition) is 1. The van der Waals surface area contributed by atoms with Gasteiger partial charge < -0.3 is 10.2 Å². The molecule has 2 aromatic rings. The van der Waals surface area contributed by atoms with Gasteiger partial charge in [0.2, 0.25) is 16.9 Å². The van der Waals surface area contributed by atoms with Gasteiger partial charge in [-0.3, -0.25) is 9.59 Å². The maximum absolute atomic E-state index is 12.6. The fourth-order valence-electron chi connectivity index (χ4n) is 3.23. The summed E-state index contributed by atoms with van der Waals surface area (Å²) >= 11 is 1.42. The van der Waals surface area contributed by atoms with Crippen molar-refractivity contribution in [3.8, 4) is 0 Å². The summed E-state index contributed by atoms with van der Waals surface area (Å²) in [5, 5.41) is 12.5. The Morgan fingerprint density at radius 2 is 2.15 bits per heavy atom. The number of aryl methyl sites for hydroxylation is 1. The van der Waals surface area contributed by atoms with E-state index in [4.69, 9.17) is 0 Å². The molecule has 0 unspecified atom stereocenters. The van der Waals surface area contributed by atoms with Gasteiger partial charge in [0.05, 0.1) is 5.92 Å². The number of nitrogens with one attached hydrogen (secondary N) is 1. The van der Waals surface area contributed by atoms with Crippen LogP contribution in [0, 0.1) is 12.8 Å². The lowest BCUT2D eigenvalue weighted by Crippen LogP contribution is -2.28. The molecule has 1 aliphatic rings. The molecule has 1 aliphatic heterocycles. The molecule has 2 amide bonds. The number of rotatable bonds is 6. The van der Waals surface area contributed by atoms with E-state index in [0.717, 1.165) is 29.1 Å². The fraction of sp³-hybridized carbons (Fsp3) is 0.474. The molecule has 0 saturated carbocycles. The maximum atomic E-state index is 12.6. The number of amides is 2. The number of aromatic nitrogens is 2.